The van der Waals surface area contributed by atoms with Gasteiger partial charge in [0.15, 0.2) is 11.5 Å². The molecule has 1 aromatic heterocycles. The predicted octanol–water partition coefficient (Wildman–Crippen LogP) is 4.93. The maximum Gasteiger partial charge on any atom is 0.573 e. The lowest BCUT2D eigenvalue weighted by Crippen LogP contribution is -2.32. The topological polar surface area (TPSA) is 56.7 Å². The van der Waals surface area contributed by atoms with E-state index >= 15 is 0 Å². The molecule has 0 atom stereocenters. The van der Waals surface area contributed by atoms with Crippen LogP contribution in [0.4, 0.5) is 13.2 Å². The summed E-state index contributed by atoms with van der Waals surface area (Å²) in [5, 5.41) is 0.962. The first-order chi connectivity index (χ1) is 15.4. The fraction of sp³-hybridized carbons (Fsp3) is 0.391. The smallest absolute Gasteiger partial charge is 0.493 e. The Labute approximate surface area is 183 Å². The van der Waals surface area contributed by atoms with Gasteiger partial charge in [-0.05, 0) is 49.7 Å². The van der Waals surface area contributed by atoms with E-state index in [0.717, 1.165) is 48.1 Å². The Kier molecular flexibility index (Phi) is 6.36. The van der Waals surface area contributed by atoms with Crippen LogP contribution in [0.25, 0.3) is 10.9 Å². The highest BCUT2D eigenvalue weighted by Gasteiger charge is 2.31. The fourth-order valence-corrected chi connectivity index (χ4v) is 4.15. The lowest BCUT2D eigenvalue weighted by molar-refractivity contribution is -0.274. The molecule has 0 spiro atoms. The Morgan fingerprint density at radius 3 is 2.25 bits per heavy atom. The number of methoxy groups -OCH3 is 2. The van der Waals surface area contributed by atoms with Crippen molar-refractivity contribution in [2.45, 2.75) is 31.7 Å². The maximum absolute atomic E-state index is 12.3. The number of nitrogens with zero attached hydrogens (tertiary/aromatic N) is 3. The zero-order valence-electron chi connectivity index (χ0n) is 17.9. The van der Waals surface area contributed by atoms with Gasteiger partial charge in [-0.1, -0.05) is 12.1 Å². The van der Waals surface area contributed by atoms with Crippen LogP contribution in [-0.4, -0.2) is 48.5 Å². The average Bonchev–Trinajstić information content (AvgIpc) is 2.78. The van der Waals surface area contributed by atoms with Gasteiger partial charge < -0.3 is 14.2 Å². The average molecular weight is 447 g/mol. The molecule has 1 saturated heterocycles. The van der Waals surface area contributed by atoms with Crippen LogP contribution >= 0.6 is 0 Å². The lowest BCUT2D eigenvalue weighted by Gasteiger charge is -2.32. The zero-order valence-corrected chi connectivity index (χ0v) is 17.9. The second-order valence-corrected chi connectivity index (χ2v) is 7.73. The number of benzene rings is 2. The molecular formula is C23H24F3N3O3. The molecule has 1 fully saturated rings. The van der Waals surface area contributed by atoms with Crippen molar-refractivity contribution in [3.8, 4) is 17.2 Å². The molecule has 3 aromatic rings. The van der Waals surface area contributed by atoms with Gasteiger partial charge in [0.1, 0.15) is 12.1 Å². The third-order valence-corrected chi connectivity index (χ3v) is 5.71. The first kappa shape index (κ1) is 22.1. The van der Waals surface area contributed by atoms with Crippen LogP contribution in [0.3, 0.4) is 0 Å². The maximum atomic E-state index is 12.3. The number of rotatable bonds is 6. The molecule has 1 aliphatic heterocycles. The molecule has 1 aliphatic rings. The van der Waals surface area contributed by atoms with Crippen molar-refractivity contribution in [3.05, 3.63) is 54.0 Å². The highest BCUT2D eigenvalue weighted by atomic mass is 19.4. The summed E-state index contributed by atoms with van der Waals surface area (Å²) in [6.07, 6.45) is -1.24. The first-order valence-corrected chi connectivity index (χ1v) is 10.3. The summed E-state index contributed by atoms with van der Waals surface area (Å²) in [6, 6.07) is 9.84. The van der Waals surface area contributed by atoms with Gasteiger partial charge in [0, 0.05) is 23.9 Å². The van der Waals surface area contributed by atoms with Gasteiger partial charge in [0.05, 0.1) is 25.4 Å². The third-order valence-electron chi connectivity index (χ3n) is 5.71. The molecule has 0 bridgehead atoms. The standard InChI is InChI=1S/C23H24F3N3O3/c1-30-20-11-18-19(12-21(20)31-2)27-14-28-22(18)16-7-9-29(10-8-16)13-15-3-5-17(6-4-15)32-23(24,25)26/h3-6,11-12,14,16H,7-10,13H2,1-2H3. The molecule has 0 aliphatic carbocycles. The zero-order chi connectivity index (χ0) is 22.7. The molecule has 32 heavy (non-hydrogen) atoms. The molecule has 170 valence electrons. The van der Waals surface area contributed by atoms with Crippen LogP contribution in [0.15, 0.2) is 42.7 Å². The van der Waals surface area contributed by atoms with Gasteiger partial charge in [0.25, 0.3) is 0 Å². The molecule has 9 heteroatoms. The van der Waals surface area contributed by atoms with Crippen molar-refractivity contribution in [3.63, 3.8) is 0 Å². The van der Waals surface area contributed by atoms with Crippen LogP contribution in [0.2, 0.25) is 0 Å². The Balaban J connectivity index is 1.42. The van der Waals surface area contributed by atoms with Crippen LogP contribution in [-0.2, 0) is 6.54 Å². The van der Waals surface area contributed by atoms with E-state index in [1.54, 1.807) is 32.7 Å². The van der Waals surface area contributed by atoms with Crippen LogP contribution in [0.5, 0.6) is 17.2 Å². The Morgan fingerprint density at radius 1 is 0.969 bits per heavy atom. The van der Waals surface area contributed by atoms with E-state index in [4.69, 9.17) is 9.47 Å². The van der Waals surface area contributed by atoms with Crippen molar-refractivity contribution in [1.82, 2.24) is 14.9 Å². The number of likely N-dealkylation sites (tertiary alicyclic amines) is 1. The Hall–Kier alpha value is -3.07. The largest absolute Gasteiger partial charge is 0.573 e. The molecular weight excluding hydrogens is 423 g/mol. The number of hydrogen-bond donors (Lipinski definition) is 0. The number of ether oxygens (including phenoxy) is 3. The van der Waals surface area contributed by atoms with Crippen molar-refractivity contribution in [1.29, 1.82) is 0 Å². The van der Waals surface area contributed by atoms with Crippen molar-refractivity contribution in [2.24, 2.45) is 0 Å². The van der Waals surface area contributed by atoms with E-state index < -0.39 is 6.36 Å². The predicted molar refractivity (Wildman–Crippen MR) is 113 cm³/mol. The summed E-state index contributed by atoms with van der Waals surface area (Å²) in [5.41, 5.74) is 2.77. The molecule has 0 saturated carbocycles. The van der Waals surface area contributed by atoms with E-state index in [9.17, 15) is 13.2 Å². The minimum atomic E-state index is -4.68. The highest BCUT2D eigenvalue weighted by molar-refractivity contribution is 5.85. The van der Waals surface area contributed by atoms with Gasteiger partial charge in [-0.3, -0.25) is 4.90 Å². The number of aromatic nitrogens is 2. The molecule has 0 unspecified atom stereocenters. The van der Waals surface area contributed by atoms with E-state index in [0.29, 0.717) is 18.0 Å². The van der Waals surface area contributed by atoms with E-state index in [-0.39, 0.29) is 11.7 Å². The minimum Gasteiger partial charge on any atom is -0.493 e. The van der Waals surface area contributed by atoms with Gasteiger partial charge >= 0.3 is 6.36 Å². The Bertz CT molecular complexity index is 1070. The molecule has 0 radical (unpaired) electrons. The SMILES string of the molecule is COc1cc2ncnc(C3CCN(Cc4ccc(OC(F)(F)F)cc4)CC3)c2cc1OC. The Morgan fingerprint density at radius 2 is 1.62 bits per heavy atom. The van der Waals surface area contributed by atoms with E-state index in [1.165, 1.54) is 12.1 Å². The second-order valence-electron chi connectivity index (χ2n) is 7.73. The van der Waals surface area contributed by atoms with Gasteiger partial charge in [-0.15, -0.1) is 13.2 Å². The molecule has 2 aromatic carbocycles. The van der Waals surface area contributed by atoms with E-state index in [2.05, 4.69) is 19.6 Å². The molecule has 2 heterocycles. The summed E-state index contributed by atoms with van der Waals surface area (Å²) < 4.78 is 51.7. The number of fused-ring (bicyclic) bond motifs is 1. The summed E-state index contributed by atoms with van der Waals surface area (Å²) in [5.74, 6) is 1.36. The monoisotopic (exact) mass is 447 g/mol. The summed E-state index contributed by atoms with van der Waals surface area (Å²) in [7, 11) is 3.20. The normalized spacial score (nSPS) is 15.7. The second kappa shape index (κ2) is 9.20. The third kappa shape index (κ3) is 5.04. The van der Waals surface area contributed by atoms with Crippen LogP contribution < -0.4 is 14.2 Å². The van der Waals surface area contributed by atoms with Crippen LogP contribution in [0.1, 0.15) is 30.0 Å². The number of hydrogen-bond acceptors (Lipinski definition) is 6. The number of piperidine rings is 1. The van der Waals surface area contributed by atoms with Crippen LogP contribution in [0, 0.1) is 0 Å². The molecule has 0 amide bonds. The summed E-state index contributed by atoms with van der Waals surface area (Å²) >= 11 is 0. The number of alkyl halides is 3. The van der Waals surface area contributed by atoms with Crippen molar-refractivity contribution in [2.75, 3.05) is 27.3 Å². The van der Waals surface area contributed by atoms with Gasteiger partial charge in [-0.25, -0.2) is 9.97 Å². The first-order valence-electron chi connectivity index (χ1n) is 10.3. The van der Waals surface area contributed by atoms with Gasteiger partial charge in [0.2, 0.25) is 0 Å². The minimum absolute atomic E-state index is 0.206. The summed E-state index contributed by atoms with van der Waals surface area (Å²) in [4.78, 5) is 11.3. The van der Waals surface area contributed by atoms with Crippen molar-refractivity contribution >= 4 is 10.9 Å². The van der Waals surface area contributed by atoms with Crippen molar-refractivity contribution < 1.29 is 27.4 Å². The summed E-state index contributed by atoms with van der Waals surface area (Å²) in [6.45, 7) is 2.41. The quantitative estimate of drug-likeness (QED) is 0.534. The molecule has 4 rings (SSSR count). The van der Waals surface area contributed by atoms with E-state index in [1.807, 2.05) is 12.1 Å². The van der Waals surface area contributed by atoms with Gasteiger partial charge in [-0.2, -0.15) is 0 Å². The molecule has 0 N–H and O–H groups in total. The highest BCUT2D eigenvalue weighted by Crippen LogP contribution is 2.37. The number of halogens is 3. The fourth-order valence-electron chi connectivity index (χ4n) is 4.15. The molecule has 6 nitrogen and oxygen atoms in total. The lowest BCUT2D eigenvalue weighted by atomic mass is 9.90.